The van der Waals surface area contributed by atoms with Crippen molar-refractivity contribution in [1.29, 1.82) is 0 Å². The average Bonchev–Trinajstić information content (AvgIpc) is 2.83. The van der Waals surface area contributed by atoms with E-state index in [-0.39, 0.29) is 11.3 Å². The van der Waals surface area contributed by atoms with Gasteiger partial charge in [0.15, 0.2) is 5.76 Å². The number of rotatable bonds is 2. The number of carbonyl (C=O) groups excluding carboxylic acids is 2. The van der Waals surface area contributed by atoms with Crippen molar-refractivity contribution in [3.05, 3.63) is 76.8 Å². The fourth-order valence-electron chi connectivity index (χ4n) is 2.43. The van der Waals surface area contributed by atoms with Gasteiger partial charge in [-0.1, -0.05) is 24.3 Å². The zero-order valence-electron chi connectivity index (χ0n) is 12.5. The fourth-order valence-corrected chi connectivity index (χ4v) is 2.43. The zero-order valence-corrected chi connectivity index (χ0v) is 12.5. The molecule has 1 heterocycles. The highest BCUT2D eigenvalue weighted by Gasteiger charge is 2.41. The smallest absolute Gasteiger partial charge is 0.416 e. The number of allylic oxidation sites excluding steroid dienone is 1. The molecule has 0 aromatic heterocycles. The summed E-state index contributed by atoms with van der Waals surface area (Å²) in [4.78, 5) is 24.3. The molecule has 1 aliphatic heterocycles. The molecule has 1 fully saturated rings. The second-order valence-corrected chi connectivity index (χ2v) is 5.40. The third kappa shape index (κ3) is 3.45. The molecule has 2 aromatic carbocycles. The Morgan fingerprint density at radius 2 is 1.52 bits per heavy atom. The third-order valence-electron chi connectivity index (χ3n) is 3.69. The molecule has 0 aliphatic carbocycles. The van der Waals surface area contributed by atoms with Gasteiger partial charge in [-0.3, -0.25) is 9.59 Å². The predicted molar refractivity (Wildman–Crippen MR) is 79.7 cm³/mol. The lowest BCUT2D eigenvalue weighted by Crippen LogP contribution is -2.13. The molecule has 1 saturated heterocycles. The van der Waals surface area contributed by atoms with E-state index in [2.05, 4.69) is 0 Å². The van der Waals surface area contributed by atoms with E-state index in [9.17, 15) is 27.2 Å². The molecule has 2 aromatic rings. The number of alkyl halides is 3. The number of esters is 1. The largest absolute Gasteiger partial charge is 0.422 e. The Morgan fingerprint density at radius 1 is 0.920 bits per heavy atom. The Hall–Kier alpha value is -2.96. The van der Waals surface area contributed by atoms with E-state index in [1.165, 1.54) is 30.3 Å². The number of hydrogen-bond donors (Lipinski definition) is 0. The molecule has 0 amide bonds. The molecule has 3 rings (SSSR count). The molecule has 1 aliphatic rings. The Bertz CT molecular complexity index is 849. The molecule has 0 bridgehead atoms. The van der Waals surface area contributed by atoms with Crippen LogP contribution in [0.4, 0.5) is 17.6 Å². The van der Waals surface area contributed by atoms with Crippen molar-refractivity contribution < 1.29 is 31.9 Å². The molecule has 128 valence electrons. The second kappa shape index (κ2) is 6.16. The summed E-state index contributed by atoms with van der Waals surface area (Å²) < 4.78 is 55.6. The van der Waals surface area contributed by atoms with Crippen molar-refractivity contribution in [3.8, 4) is 0 Å². The first kappa shape index (κ1) is 16.9. The van der Waals surface area contributed by atoms with Gasteiger partial charge in [0.1, 0.15) is 11.7 Å². The lowest BCUT2D eigenvalue weighted by atomic mass is 9.94. The predicted octanol–water partition coefficient (Wildman–Crippen LogP) is 4.10. The number of hydrogen-bond acceptors (Lipinski definition) is 3. The van der Waals surface area contributed by atoms with Gasteiger partial charge in [0.25, 0.3) is 0 Å². The summed E-state index contributed by atoms with van der Waals surface area (Å²) in [7, 11) is 0. The normalized spacial score (nSPS) is 19.4. The quantitative estimate of drug-likeness (QED) is 0.355. The number of Topliss-reactive ketones (excluding diaryl/α,β-unsaturated/α-hetero) is 1. The number of halogens is 4. The first-order valence-corrected chi connectivity index (χ1v) is 7.16. The number of benzene rings is 2. The van der Waals surface area contributed by atoms with E-state index < -0.39 is 35.2 Å². The van der Waals surface area contributed by atoms with Crippen LogP contribution in [0.2, 0.25) is 0 Å². The minimum absolute atomic E-state index is 0.116. The monoisotopic (exact) mass is 350 g/mol. The maximum atomic E-state index is 12.9. The summed E-state index contributed by atoms with van der Waals surface area (Å²) in [6.07, 6.45) is -3.23. The summed E-state index contributed by atoms with van der Waals surface area (Å²) in [5.74, 6) is -3.53. The average molecular weight is 350 g/mol. The Labute approximate surface area is 139 Å². The molecule has 1 unspecified atom stereocenters. The van der Waals surface area contributed by atoms with Crippen molar-refractivity contribution in [2.75, 3.05) is 0 Å². The first-order valence-electron chi connectivity index (χ1n) is 7.16. The molecule has 0 saturated carbocycles. The molecule has 1 atom stereocenters. The number of ether oxygens (including phenoxy) is 1. The SMILES string of the molecule is O=C1O/C(=C\c2ccc(F)cc2)C(=O)C1c1ccc(C(F)(F)F)cc1. The van der Waals surface area contributed by atoms with Gasteiger partial charge in [-0.25, -0.2) is 4.39 Å². The topological polar surface area (TPSA) is 43.4 Å². The van der Waals surface area contributed by atoms with Crippen molar-refractivity contribution in [2.45, 2.75) is 12.1 Å². The van der Waals surface area contributed by atoms with Gasteiger partial charge in [-0.15, -0.1) is 0 Å². The van der Waals surface area contributed by atoms with Crippen LogP contribution < -0.4 is 0 Å². The van der Waals surface area contributed by atoms with Crippen LogP contribution in [-0.4, -0.2) is 11.8 Å². The molecular formula is C18H10F4O3. The number of ketones is 1. The number of carbonyl (C=O) groups is 2. The minimum Gasteiger partial charge on any atom is -0.422 e. The van der Waals surface area contributed by atoms with Gasteiger partial charge in [0, 0.05) is 0 Å². The summed E-state index contributed by atoms with van der Waals surface area (Å²) in [6, 6.07) is 8.92. The van der Waals surface area contributed by atoms with Crippen LogP contribution in [0.15, 0.2) is 54.3 Å². The van der Waals surface area contributed by atoms with Crippen LogP contribution in [0.5, 0.6) is 0 Å². The molecule has 7 heteroatoms. The van der Waals surface area contributed by atoms with Gasteiger partial charge < -0.3 is 4.74 Å². The molecule has 25 heavy (non-hydrogen) atoms. The highest BCUT2D eigenvalue weighted by Crippen LogP contribution is 2.34. The van der Waals surface area contributed by atoms with Gasteiger partial charge in [-0.2, -0.15) is 13.2 Å². The van der Waals surface area contributed by atoms with E-state index in [0.29, 0.717) is 5.56 Å². The zero-order chi connectivity index (χ0) is 18.2. The van der Waals surface area contributed by atoms with Gasteiger partial charge >= 0.3 is 12.1 Å². The maximum absolute atomic E-state index is 12.9. The minimum atomic E-state index is -4.51. The van der Waals surface area contributed by atoms with E-state index in [0.717, 1.165) is 24.3 Å². The van der Waals surface area contributed by atoms with Crippen molar-refractivity contribution in [3.63, 3.8) is 0 Å². The Balaban J connectivity index is 1.87. The lowest BCUT2D eigenvalue weighted by molar-refractivity contribution is -0.137. The van der Waals surface area contributed by atoms with Crippen LogP contribution in [0.1, 0.15) is 22.6 Å². The Morgan fingerprint density at radius 3 is 2.08 bits per heavy atom. The highest BCUT2D eigenvalue weighted by atomic mass is 19.4. The van der Waals surface area contributed by atoms with Gasteiger partial charge in [-0.05, 0) is 41.5 Å². The fraction of sp³-hybridized carbons (Fsp3) is 0.111. The second-order valence-electron chi connectivity index (χ2n) is 5.40. The van der Waals surface area contributed by atoms with Crippen molar-refractivity contribution >= 4 is 17.8 Å². The highest BCUT2D eigenvalue weighted by molar-refractivity contribution is 6.19. The third-order valence-corrected chi connectivity index (χ3v) is 3.69. The van der Waals surface area contributed by atoms with Crippen LogP contribution in [0, 0.1) is 5.82 Å². The molecule has 0 N–H and O–H groups in total. The van der Waals surface area contributed by atoms with Crippen molar-refractivity contribution in [1.82, 2.24) is 0 Å². The molecule has 3 nitrogen and oxygen atoms in total. The maximum Gasteiger partial charge on any atom is 0.416 e. The summed E-state index contributed by atoms with van der Waals surface area (Å²) in [5, 5.41) is 0. The standard InChI is InChI=1S/C18H10F4O3/c19-13-7-1-10(2-8-13)9-14-16(23)15(17(24)25-14)11-3-5-12(6-4-11)18(20,21)22/h1-9,15H/b14-9-. The van der Waals surface area contributed by atoms with Crippen LogP contribution in [0.3, 0.4) is 0 Å². The van der Waals surface area contributed by atoms with Crippen LogP contribution >= 0.6 is 0 Å². The summed E-state index contributed by atoms with van der Waals surface area (Å²) >= 11 is 0. The van der Waals surface area contributed by atoms with E-state index >= 15 is 0 Å². The number of cyclic esters (lactones) is 1. The summed E-state index contributed by atoms with van der Waals surface area (Å²) in [5.41, 5.74) is -0.312. The molecule has 0 spiro atoms. The Kier molecular flexibility index (Phi) is 4.16. The lowest BCUT2D eigenvalue weighted by Gasteiger charge is -2.08. The summed E-state index contributed by atoms with van der Waals surface area (Å²) in [6.45, 7) is 0. The van der Waals surface area contributed by atoms with Crippen LogP contribution in [0.25, 0.3) is 6.08 Å². The first-order chi connectivity index (χ1) is 11.8. The van der Waals surface area contributed by atoms with Gasteiger partial charge in [0.2, 0.25) is 5.78 Å². The van der Waals surface area contributed by atoms with Crippen molar-refractivity contribution in [2.24, 2.45) is 0 Å². The molecule has 0 radical (unpaired) electrons. The van der Waals surface area contributed by atoms with E-state index in [1.54, 1.807) is 0 Å². The van der Waals surface area contributed by atoms with E-state index in [4.69, 9.17) is 4.74 Å². The molecular weight excluding hydrogens is 340 g/mol. The van der Waals surface area contributed by atoms with E-state index in [1.807, 2.05) is 0 Å². The van der Waals surface area contributed by atoms with Crippen LogP contribution in [-0.2, 0) is 20.5 Å². The van der Waals surface area contributed by atoms with Gasteiger partial charge in [0.05, 0.1) is 5.56 Å².